The Labute approximate surface area is 182 Å². The van der Waals surface area contributed by atoms with Crippen LogP contribution >= 0.6 is 24.0 Å². The van der Waals surface area contributed by atoms with Gasteiger partial charge in [-0.1, -0.05) is 29.8 Å². The molecule has 0 atom stereocenters. The normalized spacial score (nSPS) is 13.2. The summed E-state index contributed by atoms with van der Waals surface area (Å²) < 4.78 is 24.6. The van der Waals surface area contributed by atoms with Crippen molar-refractivity contribution in [2.45, 2.75) is 33.4 Å². The number of aliphatic imine (C=N–C) groups is 1. The molecule has 0 aromatic heterocycles. The standard InChI is InChI=1S/C21H26FN3O2.HI/c1-3-23-21(25-12-16-6-4-15(2)5-7-16)24-9-8-17-10-19(22)11-18-13-26-14-27-20(17)18;/h4-7,10-11H,3,8-9,12-14H2,1-2H3,(H2,23,24,25);1H. The maximum Gasteiger partial charge on any atom is 0.191 e. The summed E-state index contributed by atoms with van der Waals surface area (Å²) in [6.45, 7) is 6.69. The highest BCUT2D eigenvalue weighted by molar-refractivity contribution is 14.0. The van der Waals surface area contributed by atoms with E-state index in [2.05, 4.69) is 46.8 Å². The Morgan fingerprint density at radius 1 is 1.18 bits per heavy atom. The molecule has 0 unspecified atom stereocenters. The van der Waals surface area contributed by atoms with Crippen molar-refractivity contribution in [2.24, 2.45) is 4.99 Å². The molecule has 0 bridgehead atoms. The fourth-order valence-electron chi connectivity index (χ4n) is 2.96. The number of hydrogen-bond donors (Lipinski definition) is 2. The molecule has 2 aromatic carbocycles. The van der Waals surface area contributed by atoms with Crippen LogP contribution in [0.25, 0.3) is 0 Å². The van der Waals surface area contributed by atoms with Crippen LogP contribution in [0.4, 0.5) is 4.39 Å². The molecule has 5 nitrogen and oxygen atoms in total. The quantitative estimate of drug-likeness (QED) is 0.360. The highest BCUT2D eigenvalue weighted by Crippen LogP contribution is 2.29. The van der Waals surface area contributed by atoms with Crippen LogP contribution in [0.3, 0.4) is 0 Å². The predicted octanol–water partition coefficient (Wildman–Crippen LogP) is 3.92. The first-order valence-corrected chi connectivity index (χ1v) is 9.25. The molecule has 1 aliphatic rings. The van der Waals surface area contributed by atoms with Crippen molar-refractivity contribution in [1.82, 2.24) is 10.6 Å². The lowest BCUT2D eigenvalue weighted by Gasteiger charge is -2.21. The number of aryl methyl sites for hydroxylation is 1. The van der Waals surface area contributed by atoms with Crippen LogP contribution in [0.1, 0.15) is 29.2 Å². The third kappa shape index (κ3) is 6.34. The Morgan fingerprint density at radius 3 is 2.71 bits per heavy atom. The van der Waals surface area contributed by atoms with E-state index in [-0.39, 0.29) is 36.6 Å². The van der Waals surface area contributed by atoms with Crippen LogP contribution in [0.2, 0.25) is 0 Å². The minimum absolute atomic E-state index is 0. The van der Waals surface area contributed by atoms with Crippen LogP contribution in [0, 0.1) is 12.7 Å². The zero-order valence-electron chi connectivity index (χ0n) is 16.3. The first-order valence-electron chi connectivity index (χ1n) is 9.25. The first-order chi connectivity index (χ1) is 13.2. The Morgan fingerprint density at radius 2 is 1.96 bits per heavy atom. The molecule has 0 amide bonds. The molecule has 3 rings (SSSR count). The summed E-state index contributed by atoms with van der Waals surface area (Å²) in [7, 11) is 0. The number of nitrogens with zero attached hydrogens (tertiary/aromatic N) is 1. The van der Waals surface area contributed by atoms with Crippen molar-refractivity contribution in [1.29, 1.82) is 0 Å². The third-order valence-electron chi connectivity index (χ3n) is 4.32. The topological polar surface area (TPSA) is 54.9 Å². The van der Waals surface area contributed by atoms with E-state index in [1.54, 1.807) is 0 Å². The van der Waals surface area contributed by atoms with Crippen molar-refractivity contribution in [3.63, 3.8) is 0 Å². The fraction of sp³-hybridized carbons (Fsp3) is 0.381. The van der Waals surface area contributed by atoms with Gasteiger partial charge in [0.2, 0.25) is 0 Å². The van der Waals surface area contributed by atoms with Crippen LogP contribution < -0.4 is 15.4 Å². The Balaban J connectivity index is 0.00000280. The fourth-order valence-corrected chi connectivity index (χ4v) is 2.96. The van der Waals surface area contributed by atoms with Crippen LogP contribution in [0.15, 0.2) is 41.4 Å². The van der Waals surface area contributed by atoms with Gasteiger partial charge in [-0.3, -0.25) is 0 Å². The van der Waals surface area contributed by atoms with E-state index in [9.17, 15) is 4.39 Å². The van der Waals surface area contributed by atoms with Gasteiger partial charge < -0.3 is 20.1 Å². The lowest BCUT2D eigenvalue weighted by atomic mass is 10.1. The summed E-state index contributed by atoms with van der Waals surface area (Å²) in [5, 5.41) is 6.54. The van der Waals surface area contributed by atoms with Gasteiger partial charge in [-0.15, -0.1) is 24.0 Å². The van der Waals surface area contributed by atoms with E-state index < -0.39 is 0 Å². The number of guanidine groups is 1. The number of hydrogen-bond acceptors (Lipinski definition) is 3. The van der Waals surface area contributed by atoms with E-state index in [1.165, 1.54) is 17.7 Å². The van der Waals surface area contributed by atoms with Gasteiger partial charge in [0.05, 0.1) is 13.2 Å². The molecule has 2 N–H and O–H groups in total. The summed E-state index contributed by atoms with van der Waals surface area (Å²) in [5.74, 6) is 1.22. The van der Waals surface area contributed by atoms with Crippen LogP contribution in [-0.2, 0) is 24.3 Å². The second-order valence-corrected chi connectivity index (χ2v) is 6.52. The van der Waals surface area contributed by atoms with E-state index >= 15 is 0 Å². The smallest absolute Gasteiger partial charge is 0.191 e. The zero-order chi connectivity index (χ0) is 19.1. The third-order valence-corrected chi connectivity index (χ3v) is 4.32. The lowest BCUT2D eigenvalue weighted by molar-refractivity contribution is -0.0172. The van der Waals surface area contributed by atoms with Crippen LogP contribution in [-0.4, -0.2) is 25.8 Å². The second kappa shape index (κ2) is 11.2. The summed E-state index contributed by atoms with van der Waals surface area (Å²) in [4.78, 5) is 4.62. The molecule has 7 heteroatoms. The molecular formula is C21H27FIN3O2. The minimum Gasteiger partial charge on any atom is -0.467 e. The summed E-state index contributed by atoms with van der Waals surface area (Å²) in [6.07, 6.45) is 0.634. The molecule has 0 fully saturated rings. The molecule has 0 saturated carbocycles. The van der Waals surface area contributed by atoms with Crippen LogP contribution in [0.5, 0.6) is 5.75 Å². The monoisotopic (exact) mass is 499 g/mol. The van der Waals surface area contributed by atoms with Gasteiger partial charge in [-0.05, 0) is 43.5 Å². The molecule has 0 radical (unpaired) electrons. The Bertz CT molecular complexity index is 797. The molecule has 2 aromatic rings. The minimum atomic E-state index is -0.266. The number of nitrogens with one attached hydrogen (secondary N) is 2. The molecule has 28 heavy (non-hydrogen) atoms. The predicted molar refractivity (Wildman–Crippen MR) is 120 cm³/mol. The molecular weight excluding hydrogens is 472 g/mol. The SMILES string of the molecule is CCNC(=NCc1ccc(C)cc1)NCCc1cc(F)cc2c1OCOC2.I. The number of benzene rings is 2. The van der Waals surface area contributed by atoms with Gasteiger partial charge in [0, 0.05) is 18.7 Å². The largest absolute Gasteiger partial charge is 0.467 e. The Kier molecular flexibility index (Phi) is 8.98. The van der Waals surface area contributed by atoms with E-state index in [1.807, 2.05) is 6.92 Å². The van der Waals surface area contributed by atoms with Gasteiger partial charge in [-0.2, -0.15) is 0 Å². The van der Waals surface area contributed by atoms with Crippen molar-refractivity contribution in [3.05, 3.63) is 64.5 Å². The summed E-state index contributed by atoms with van der Waals surface area (Å²) >= 11 is 0. The van der Waals surface area contributed by atoms with Crippen molar-refractivity contribution in [2.75, 3.05) is 19.9 Å². The van der Waals surface area contributed by atoms with Gasteiger partial charge in [0.1, 0.15) is 11.6 Å². The summed E-state index contributed by atoms with van der Waals surface area (Å²) in [5.41, 5.74) is 4.00. The highest BCUT2D eigenvalue weighted by Gasteiger charge is 2.16. The van der Waals surface area contributed by atoms with E-state index in [0.29, 0.717) is 26.1 Å². The molecule has 152 valence electrons. The highest BCUT2D eigenvalue weighted by atomic mass is 127. The van der Waals surface area contributed by atoms with E-state index in [0.717, 1.165) is 34.9 Å². The van der Waals surface area contributed by atoms with E-state index in [4.69, 9.17) is 9.47 Å². The molecule has 0 aliphatic carbocycles. The maximum atomic E-state index is 13.8. The molecule has 1 aliphatic heterocycles. The van der Waals surface area contributed by atoms with Crippen molar-refractivity contribution < 1.29 is 13.9 Å². The number of ether oxygens (including phenoxy) is 2. The lowest BCUT2D eigenvalue weighted by Crippen LogP contribution is -2.38. The molecule has 0 saturated heterocycles. The Hall–Kier alpha value is -1.87. The van der Waals surface area contributed by atoms with Gasteiger partial charge in [-0.25, -0.2) is 9.38 Å². The second-order valence-electron chi connectivity index (χ2n) is 6.52. The summed E-state index contributed by atoms with van der Waals surface area (Å²) in [6, 6.07) is 11.3. The van der Waals surface area contributed by atoms with Gasteiger partial charge >= 0.3 is 0 Å². The maximum absolute atomic E-state index is 13.8. The number of rotatable bonds is 6. The zero-order valence-corrected chi connectivity index (χ0v) is 18.6. The van der Waals surface area contributed by atoms with Gasteiger partial charge in [0.25, 0.3) is 0 Å². The molecule has 1 heterocycles. The average Bonchev–Trinajstić information content (AvgIpc) is 2.67. The van der Waals surface area contributed by atoms with Crippen molar-refractivity contribution >= 4 is 29.9 Å². The number of halogens is 2. The van der Waals surface area contributed by atoms with Crippen molar-refractivity contribution in [3.8, 4) is 5.75 Å². The first kappa shape index (κ1) is 22.4. The van der Waals surface area contributed by atoms with Gasteiger partial charge in [0.15, 0.2) is 12.8 Å². The number of fused-ring (bicyclic) bond motifs is 1. The average molecular weight is 499 g/mol. The molecule has 0 spiro atoms.